The Balaban J connectivity index is 1.96. The minimum Gasteiger partial charge on any atom is -0.275 e. The molecular weight excluding hydrogens is 310 g/mol. The molecule has 3 rings (SSSR count). The number of rotatable bonds is 2. The fraction of sp³-hybridized carbons (Fsp3) is 0.0769. The molecule has 0 spiro atoms. The third-order valence-electron chi connectivity index (χ3n) is 2.60. The highest BCUT2D eigenvalue weighted by Gasteiger charge is 2.07. The molecule has 90 valence electrons. The fourth-order valence-electron chi connectivity index (χ4n) is 1.69. The van der Waals surface area contributed by atoms with Crippen molar-refractivity contribution in [3.05, 3.63) is 46.5 Å². The van der Waals surface area contributed by atoms with Gasteiger partial charge in [-0.05, 0) is 12.1 Å². The monoisotopic (exact) mass is 319 g/mol. The lowest BCUT2D eigenvalue weighted by atomic mass is 10.2. The normalized spacial score (nSPS) is 10.8. The van der Waals surface area contributed by atoms with E-state index in [-0.39, 0.29) is 0 Å². The Morgan fingerprint density at radius 1 is 1.17 bits per heavy atom. The van der Waals surface area contributed by atoms with E-state index >= 15 is 0 Å². The van der Waals surface area contributed by atoms with Gasteiger partial charge < -0.3 is 0 Å². The van der Waals surface area contributed by atoms with Crippen LogP contribution < -0.4 is 0 Å². The van der Waals surface area contributed by atoms with Crippen molar-refractivity contribution in [2.24, 2.45) is 7.05 Å². The van der Waals surface area contributed by atoms with Gasteiger partial charge in [0, 0.05) is 34.2 Å². The van der Waals surface area contributed by atoms with Crippen LogP contribution in [0.1, 0.15) is 0 Å². The van der Waals surface area contributed by atoms with Gasteiger partial charge in [-0.3, -0.25) is 4.68 Å². The molecule has 0 saturated heterocycles. The Hall–Kier alpha value is -1.46. The van der Waals surface area contributed by atoms with Crippen LogP contribution in [0.15, 0.2) is 46.5 Å². The highest BCUT2D eigenvalue weighted by Crippen LogP contribution is 2.29. The maximum Gasteiger partial charge on any atom is 0.127 e. The molecule has 0 aliphatic rings. The van der Waals surface area contributed by atoms with Gasteiger partial charge in [0.15, 0.2) is 0 Å². The van der Waals surface area contributed by atoms with Crippen LogP contribution in [-0.2, 0) is 7.05 Å². The molecule has 0 unspecified atom stereocenters. The molecule has 0 fully saturated rings. The SMILES string of the molecule is Cn1cc(-c2nc(-c3ccc(Br)cc3)cs2)cn1. The molecule has 0 atom stereocenters. The van der Waals surface area contributed by atoms with Gasteiger partial charge >= 0.3 is 0 Å². The summed E-state index contributed by atoms with van der Waals surface area (Å²) in [5.74, 6) is 0. The molecule has 5 heteroatoms. The van der Waals surface area contributed by atoms with Gasteiger partial charge in [0.1, 0.15) is 5.01 Å². The summed E-state index contributed by atoms with van der Waals surface area (Å²) in [6, 6.07) is 8.18. The first-order valence-electron chi connectivity index (χ1n) is 5.43. The van der Waals surface area contributed by atoms with Crippen LogP contribution in [0.2, 0.25) is 0 Å². The van der Waals surface area contributed by atoms with Gasteiger partial charge in [-0.15, -0.1) is 11.3 Å². The Morgan fingerprint density at radius 2 is 1.94 bits per heavy atom. The Morgan fingerprint density at radius 3 is 2.61 bits per heavy atom. The van der Waals surface area contributed by atoms with Crippen molar-refractivity contribution >= 4 is 27.3 Å². The van der Waals surface area contributed by atoms with E-state index in [1.165, 1.54) is 0 Å². The van der Waals surface area contributed by atoms with Gasteiger partial charge in [-0.2, -0.15) is 5.10 Å². The molecule has 0 N–H and O–H groups in total. The average Bonchev–Trinajstić information content (AvgIpc) is 2.98. The van der Waals surface area contributed by atoms with E-state index in [1.807, 2.05) is 31.6 Å². The highest BCUT2D eigenvalue weighted by molar-refractivity contribution is 9.10. The zero-order valence-electron chi connectivity index (χ0n) is 9.67. The fourth-order valence-corrected chi connectivity index (χ4v) is 2.76. The summed E-state index contributed by atoms with van der Waals surface area (Å²) < 4.78 is 2.87. The van der Waals surface area contributed by atoms with E-state index in [0.29, 0.717) is 0 Å². The summed E-state index contributed by atoms with van der Waals surface area (Å²) >= 11 is 5.07. The molecule has 3 aromatic rings. The van der Waals surface area contributed by atoms with Crippen molar-refractivity contribution in [1.29, 1.82) is 0 Å². The zero-order valence-corrected chi connectivity index (χ0v) is 12.1. The molecule has 0 bridgehead atoms. The lowest BCUT2D eigenvalue weighted by molar-refractivity contribution is 0.768. The maximum atomic E-state index is 4.64. The largest absolute Gasteiger partial charge is 0.275 e. The molecular formula is C13H10BrN3S. The maximum absolute atomic E-state index is 4.64. The first-order valence-corrected chi connectivity index (χ1v) is 7.10. The Bertz CT molecular complexity index is 670. The minimum atomic E-state index is 1.00. The van der Waals surface area contributed by atoms with Crippen molar-refractivity contribution in [2.75, 3.05) is 0 Å². The summed E-state index contributed by atoms with van der Waals surface area (Å²) in [4.78, 5) is 4.64. The molecule has 3 nitrogen and oxygen atoms in total. The standard InChI is InChI=1S/C13H10BrN3S/c1-17-7-10(6-15-17)13-16-12(8-18-13)9-2-4-11(14)5-3-9/h2-8H,1H3. The smallest absolute Gasteiger partial charge is 0.127 e. The first-order chi connectivity index (χ1) is 8.72. The summed E-state index contributed by atoms with van der Waals surface area (Å²) in [5, 5.41) is 7.24. The molecule has 0 saturated carbocycles. The predicted molar refractivity (Wildman–Crippen MR) is 77.5 cm³/mol. The highest BCUT2D eigenvalue weighted by atomic mass is 79.9. The second-order valence-corrected chi connectivity index (χ2v) is 5.72. The van der Waals surface area contributed by atoms with Crippen molar-refractivity contribution in [2.45, 2.75) is 0 Å². The average molecular weight is 320 g/mol. The van der Waals surface area contributed by atoms with Gasteiger partial charge in [0.05, 0.1) is 11.9 Å². The Labute approximate surface area is 117 Å². The summed E-state index contributed by atoms with van der Waals surface area (Å²) in [7, 11) is 1.91. The van der Waals surface area contributed by atoms with Gasteiger partial charge in [-0.1, -0.05) is 28.1 Å². The van der Waals surface area contributed by atoms with Crippen molar-refractivity contribution < 1.29 is 0 Å². The topological polar surface area (TPSA) is 30.7 Å². The number of halogens is 1. The van der Waals surface area contributed by atoms with Crippen LogP contribution in [-0.4, -0.2) is 14.8 Å². The van der Waals surface area contributed by atoms with Crippen LogP contribution >= 0.6 is 27.3 Å². The minimum absolute atomic E-state index is 1.00. The van der Waals surface area contributed by atoms with E-state index < -0.39 is 0 Å². The van der Waals surface area contributed by atoms with Gasteiger partial charge in [0.25, 0.3) is 0 Å². The number of hydrogen-bond donors (Lipinski definition) is 0. The summed E-state index contributed by atoms with van der Waals surface area (Å²) in [6.45, 7) is 0. The lowest BCUT2D eigenvalue weighted by Crippen LogP contribution is -1.84. The van der Waals surface area contributed by atoms with Crippen LogP contribution in [0, 0.1) is 0 Å². The quantitative estimate of drug-likeness (QED) is 0.715. The number of benzene rings is 1. The summed E-state index contributed by atoms with van der Waals surface area (Å²) in [5.41, 5.74) is 3.20. The van der Waals surface area contributed by atoms with E-state index in [0.717, 1.165) is 26.3 Å². The van der Waals surface area contributed by atoms with E-state index in [2.05, 4.69) is 43.5 Å². The number of aryl methyl sites for hydroxylation is 1. The molecule has 18 heavy (non-hydrogen) atoms. The number of hydrogen-bond acceptors (Lipinski definition) is 3. The second-order valence-electron chi connectivity index (χ2n) is 3.95. The van der Waals surface area contributed by atoms with Crippen LogP contribution in [0.5, 0.6) is 0 Å². The summed E-state index contributed by atoms with van der Waals surface area (Å²) in [6.07, 6.45) is 3.81. The van der Waals surface area contributed by atoms with Crippen molar-refractivity contribution in [1.82, 2.24) is 14.8 Å². The molecule has 0 aliphatic carbocycles. The van der Waals surface area contributed by atoms with Gasteiger partial charge in [0.2, 0.25) is 0 Å². The zero-order chi connectivity index (χ0) is 12.5. The van der Waals surface area contributed by atoms with Gasteiger partial charge in [-0.25, -0.2) is 4.98 Å². The molecule has 0 amide bonds. The molecule has 2 heterocycles. The van der Waals surface area contributed by atoms with Crippen LogP contribution in [0.4, 0.5) is 0 Å². The number of nitrogens with zero attached hydrogens (tertiary/aromatic N) is 3. The van der Waals surface area contributed by atoms with Crippen molar-refractivity contribution in [3.8, 4) is 21.8 Å². The second kappa shape index (κ2) is 4.66. The first kappa shape index (κ1) is 11.6. The molecule has 2 aromatic heterocycles. The van der Waals surface area contributed by atoms with E-state index in [9.17, 15) is 0 Å². The van der Waals surface area contributed by atoms with Crippen molar-refractivity contribution in [3.63, 3.8) is 0 Å². The molecule has 1 aromatic carbocycles. The Kier molecular flexibility index (Phi) is 3.01. The number of aromatic nitrogens is 3. The molecule has 0 radical (unpaired) electrons. The predicted octanol–water partition coefficient (Wildman–Crippen LogP) is 3.97. The molecule has 0 aliphatic heterocycles. The third kappa shape index (κ3) is 2.23. The lowest BCUT2D eigenvalue weighted by Gasteiger charge is -1.96. The third-order valence-corrected chi connectivity index (χ3v) is 4.02. The number of thiazole rings is 1. The van der Waals surface area contributed by atoms with E-state index in [4.69, 9.17) is 0 Å². The van der Waals surface area contributed by atoms with Crippen LogP contribution in [0.25, 0.3) is 21.8 Å². The van der Waals surface area contributed by atoms with Crippen LogP contribution in [0.3, 0.4) is 0 Å². The van der Waals surface area contributed by atoms with E-state index in [1.54, 1.807) is 16.0 Å².